The molecule has 0 unspecified atom stereocenters. The Hall–Kier alpha value is -2.49. The largest absolute Gasteiger partial charge is 0.274 e. The lowest BCUT2D eigenvalue weighted by Crippen LogP contribution is -2.33. The number of carbonyl (C=O) groups is 2. The Morgan fingerprint density at radius 2 is 1.59 bits per heavy atom. The van der Waals surface area contributed by atoms with Crippen molar-refractivity contribution in [3.63, 3.8) is 0 Å². The molecule has 1 aromatic heterocycles. The van der Waals surface area contributed by atoms with Crippen LogP contribution in [0.4, 0.5) is 5.82 Å². The van der Waals surface area contributed by atoms with Crippen LogP contribution in [0.3, 0.4) is 0 Å². The molecule has 22 heavy (non-hydrogen) atoms. The smallest absolute Gasteiger partial charge is 0.239 e. The van der Waals surface area contributed by atoms with Gasteiger partial charge in [0.05, 0.1) is 17.4 Å². The van der Waals surface area contributed by atoms with Gasteiger partial charge in [-0.2, -0.15) is 0 Å². The molecule has 2 bridgehead atoms. The molecule has 0 spiro atoms. The molecule has 5 rings (SSSR count). The predicted octanol–water partition coefficient (Wildman–Crippen LogP) is 2.55. The van der Waals surface area contributed by atoms with E-state index in [-0.39, 0.29) is 35.5 Å². The van der Waals surface area contributed by atoms with Gasteiger partial charge in [-0.05, 0) is 36.5 Å². The van der Waals surface area contributed by atoms with E-state index in [2.05, 4.69) is 17.1 Å². The Morgan fingerprint density at radius 3 is 2.32 bits per heavy atom. The van der Waals surface area contributed by atoms with Crippen LogP contribution in [0, 0.1) is 23.7 Å². The Labute approximate surface area is 127 Å². The fourth-order valence-electron chi connectivity index (χ4n) is 4.31. The first-order chi connectivity index (χ1) is 10.7. The molecule has 2 fully saturated rings. The predicted molar refractivity (Wildman–Crippen MR) is 82.0 cm³/mol. The lowest BCUT2D eigenvalue weighted by Gasteiger charge is -2.16. The number of hydrogen-bond donors (Lipinski definition) is 0. The molecular formula is C18H14N2O2. The Morgan fingerprint density at radius 1 is 0.909 bits per heavy atom. The highest BCUT2D eigenvalue weighted by Crippen LogP contribution is 2.53. The van der Waals surface area contributed by atoms with Crippen LogP contribution in [0.25, 0.3) is 10.9 Å². The Bertz CT molecular complexity index is 827. The molecule has 2 aromatic rings. The number of allylic oxidation sites excluding steroid dienone is 2. The van der Waals surface area contributed by atoms with Crippen LogP contribution in [0.5, 0.6) is 0 Å². The van der Waals surface area contributed by atoms with E-state index in [1.807, 2.05) is 30.3 Å². The van der Waals surface area contributed by atoms with Gasteiger partial charge in [0.15, 0.2) is 0 Å². The fourth-order valence-corrected chi connectivity index (χ4v) is 4.31. The van der Waals surface area contributed by atoms with Crippen molar-refractivity contribution in [1.29, 1.82) is 0 Å². The van der Waals surface area contributed by atoms with Crippen LogP contribution in [0.1, 0.15) is 6.42 Å². The molecule has 0 radical (unpaired) electrons. The molecular weight excluding hydrogens is 276 g/mol. The third kappa shape index (κ3) is 1.39. The van der Waals surface area contributed by atoms with Crippen molar-refractivity contribution in [2.45, 2.75) is 6.42 Å². The van der Waals surface area contributed by atoms with Gasteiger partial charge in [-0.3, -0.25) is 9.59 Å². The minimum absolute atomic E-state index is 0.0744. The quantitative estimate of drug-likeness (QED) is 0.599. The maximum Gasteiger partial charge on any atom is 0.239 e. The Kier molecular flexibility index (Phi) is 2.22. The van der Waals surface area contributed by atoms with Gasteiger partial charge >= 0.3 is 0 Å². The van der Waals surface area contributed by atoms with E-state index in [1.165, 1.54) is 4.90 Å². The van der Waals surface area contributed by atoms with Crippen molar-refractivity contribution in [3.05, 3.63) is 48.6 Å². The average Bonchev–Trinajstić information content (AvgIpc) is 3.21. The number of nitrogens with zero attached hydrogens (tertiary/aromatic N) is 2. The molecule has 4 heteroatoms. The maximum atomic E-state index is 12.8. The summed E-state index contributed by atoms with van der Waals surface area (Å²) in [4.78, 5) is 31.3. The second kappa shape index (κ2) is 4.03. The van der Waals surface area contributed by atoms with Crippen LogP contribution in [-0.2, 0) is 9.59 Å². The number of amides is 2. The number of rotatable bonds is 1. The standard InChI is InChI=1S/C18H14N2O2/c21-17-15-11-5-6-12(9-11)16(15)18(22)20(17)14-8-7-10-3-1-2-4-13(10)19-14/h1-8,11-12,15-16H,9H2/t11-,12-,15-,16+/m0/s1. The van der Waals surface area contributed by atoms with Crippen molar-refractivity contribution in [2.75, 3.05) is 4.90 Å². The summed E-state index contributed by atoms with van der Waals surface area (Å²) in [6.07, 6.45) is 5.16. The van der Waals surface area contributed by atoms with Gasteiger partial charge in [0.1, 0.15) is 5.82 Å². The van der Waals surface area contributed by atoms with Crippen LogP contribution in [-0.4, -0.2) is 16.8 Å². The number of pyridine rings is 1. The lowest BCUT2D eigenvalue weighted by atomic mass is 9.85. The van der Waals surface area contributed by atoms with Gasteiger partial charge in [-0.1, -0.05) is 30.4 Å². The highest BCUT2D eigenvalue weighted by Gasteiger charge is 2.59. The van der Waals surface area contributed by atoms with E-state index in [4.69, 9.17) is 0 Å². The van der Waals surface area contributed by atoms with Crippen LogP contribution in [0.2, 0.25) is 0 Å². The number of imide groups is 1. The summed E-state index contributed by atoms with van der Waals surface area (Å²) in [5.41, 5.74) is 0.804. The summed E-state index contributed by atoms with van der Waals surface area (Å²) < 4.78 is 0. The van der Waals surface area contributed by atoms with E-state index < -0.39 is 0 Å². The SMILES string of the molecule is O=C1[C@@H]2[C@H](C(=O)N1c1ccc3ccccc3n1)[C@H]1C=C[C@H]2C1. The number of fused-ring (bicyclic) bond motifs is 6. The molecule has 4 atom stereocenters. The summed E-state index contributed by atoms with van der Waals surface area (Å²) in [5.74, 6) is 0.437. The number of hydrogen-bond acceptors (Lipinski definition) is 3. The summed E-state index contributed by atoms with van der Waals surface area (Å²) in [6.45, 7) is 0. The molecule has 2 aliphatic carbocycles. The van der Waals surface area contributed by atoms with Crippen molar-refractivity contribution in [3.8, 4) is 0 Å². The summed E-state index contributed by atoms with van der Waals surface area (Å²) in [5, 5.41) is 1.01. The van der Waals surface area contributed by atoms with E-state index >= 15 is 0 Å². The first-order valence-corrected chi connectivity index (χ1v) is 7.66. The number of para-hydroxylation sites is 1. The monoisotopic (exact) mass is 290 g/mol. The molecule has 1 saturated carbocycles. The van der Waals surface area contributed by atoms with E-state index in [9.17, 15) is 9.59 Å². The second-order valence-electron chi connectivity index (χ2n) is 6.37. The summed E-state index contributed by atoms with van der Waals surface area (Å²) in [7, 11) is 0. The highest BCUT2D eigenvalue weighted by atomic mass is 16.2. The van der Waals surface area contributed by atoms with E-state index in [0.29, 0.717) is 5.82 Å². The highest BCUT2D eigenvalue weighted by molar-refractivity contribution is 6.22. The normalized spacial score (nSPS) is 32.3. The third-order valence-electron chi connectivity index (χ3n) is 5.28. The number of aromatic nitrogens is 1. The van der Waals surface area contributed by atoms with Crippen molar-refractivity contribution in [1.82, 2.24) is 4.98 Å². The fraction of sp³-hybridized carbons (Fsp3) is 0.278. The molecule has 4 nitrogen and oxygen atoms in total. The zero-order valence-corrected chi connectivity index (χ0v) is 11.8. The number of anilines is 1. The van der Waals surface area contributed by atoms with Crippen molar-refractivity contribution in [2.24, 2.45) is 23.7 Å². The van der Waals surface area contributed by atoms with Crippen LogP contribution < -0.4 is 4.90 Å². The minimum Gasteiger partial charge on any atom is -0.274 e. The molecule has 1 aromatic carbocycles. The minimum atomic E-state index is -0.171. The summed E-state index contributed by atoms with van der Waals surface area (Å²) >= 11 is 0. The van der Waals surface area contributed by atoms with Gasteiger partial charge < -0.3 is 0 Å². The van der Waals surface area contributed by atoms with Gasteiger partial charge in [0.2, 0.25) is 11.8 Å². The molecule has 0 N–H and O–H groups in total. The van der Waals surface area contributed by atoms with Gasteiger partial charge in [0.25, 0.3) is 0 Å². The van der Waals surface area contributed by atoms with Gasteiger partial charge in [-0.25, -0.2) is 9.88 Å². The molecule has 2 amide bonds. The average molecular weight is 290 g/mol. The second-order valence-corrected chi connectivity index (χ2v) is 6.37. The molecule has 108 valence electrons. The zero-order valence-electron chi connectivity index (χ0n) is 11.8. The van der Waals surface area contributed by atoms with Crippen LogP contribution >= 0.6 is 0 Å². The molecule has 1 saturated heterocycles. The van der Waals surface area contributed by atoms with Crippen LogP contribution in [0.15, 0.2) is 48.6 Å². The maximum absolute atomic E-state index is 12.8. The number of carbonyl (C=O) groups excluding carboxylic acids is 2. The zero-order chi connectivity index (χ0) is 14.8. The molecule has 2 heterocycles. The topological polar surface area (TPSA) is 50.3 Å². The van der Waals surface area contributed by atoms with Gasteiger partial charge in [-0.15, -0.1) is 0 Å². The molecule has 3 aliphatic rings. The summed E-state index contributed by atoms with van der Waals surface area (Å²) in [6, 6.07) is 11.4. The van der Waals surface area contributed by atoms with Gasteiger partial charge in [0, 0.05) is 5.39 Å². The Balaban J connectivity index is 1.60. The first-order valence-electron chi connectivity index (χ1n) is 7.66. The van der Waals surface area contributed by atoms with E-state index in [0.717, 1.165) is 17.3 Å². The van der Waals surface area contributed by atoms with E-state index in [1.54, 1.807) is 6.07 Å². The number of benzene rings is 1. The van der Waals surface area contributed by atoms with Crippen molar-refractivity contribution < 1.29 is 9.59 Å². The van der Waals surface area contributed by atoms with Crippen molar-refractivity contribution >= 4 is 28.5 Å². The molecule has 1 aliphatic heterocycles. The lowest BCUT2D eigenvalue weighted by molar-refractivity contribution is -0.123. The third-order valence-corrected chi connectivity index (χ3v) is 5.28. The first kappa shape index (κ1) is 12.1.